The molecule has 1 aliphatic rings. The summed E-state index contributed by atoms with van der Waals surface area (Å²) in [5, 5.41) is 6.67. The van der Waals surface area contributed by atoms with Crippen molar-refractivity contribution in [3.05, 3.63) is 53.4 Å². The zero-order valence-corrected chi connectivity index (χ0v) is 16.0. The predicted molar refractivity (Wildman–Crippen MR) is 102 cm³/mol. The Balaban J connectivity index is 1.56. The van der Waals surface area contributed by atoms with Gasteiger partial charge < -0.3 is 14.7 Å². The number of carbonyl (C=O) groups excluding carboxylic acids is 2. The monoisotopic (exact) mass is 369 g/mol. The second-order valence-electron chi connectivity index (χ2n) is 7.52. The van der Waals surface area contributed by atoms with Gasteiger partial charge in [0.1, 0.15) is 0 Å². The third-order valence-electron chi connectivity index (χ3n) is 4.57. The maximum absolute atomic E-state index is 12.7. The molecular weight excluding hydrogens is 342 g/mol. The molecule has 1 fully saturated rings. The molecule has 0 spiro atoms. The Morgan fingerprint density at radius 2 is 2.00 bits per heavy atom. The van der Waals surface area contributed by atoms with E-state index >= 15 is 0 Å². The van der Waals surface area contributed by atoms with Crippen LogP contribution in [0.3, 0.4) is 0 Å². The van der Waals surface area contributed by atoms with Gasteiger partial charge in [0.15, 0.2) is 11.5 Å². The van der Waals surface area contributed by atoms with Crippen molar-refractivity contribution in [3.63, 3.8) is 0 Å². The minimum Gasteiger partial charge on any atom is -0.359 e. The van der Waals surface area contributed by atoms with Gasteiger partial charge in [-0.3, -0.25) is 9.59 Å². The number of hydrogen-bond acceptors (Lipinski definition) is 4. The van der Waals surface area contributed by atoms with Crippen molar-refractivity contribution in [1.82, 2.24) is 15.4 Å². The highest BCUT2D eigenvalue weighted by molar-refractivity contribution is 5.92. The van der Waals surface area contributed by atoms with Crippen LogP contribution in [0, 0.1) is 5.92 Å². The lowest BCUT2D eigenvalue weighted by Gasteiger charge is -2.21. The molecule has 1 aliphatic carbocycles. The van der Waals surface area contributed by atoms with Crippen molar-refractivity contribution in [1.29, 1.82) is 0 Å². The Morgan fingerprint density at radius 1 is 1.26 bits per heavy atom. The van der Waals surface area contributed by atoms with Gasteiger partial charge in [-0.05, 0) is 30.7 Å². The van der Waals surface area contributed by atoms with E-state index in [1.807, 2.05) is 49.1 Å². The quantitative estimate of drug-likeness (QED) is 0.737. The van der Waals surface area contributed by atoms with E-state index in [2.05, 4.69) is 10.5 Å². The van der Waals surface area contributed by atoms with Gasteiger partial charge in [0.2, 0.25) is 5.91 Å². The second kappa shape index (κ2) is 8.84. The fraction of sp³-hybridized carbons (Fsp3) is 0.476. The lowest BCUT2D eigenvalue weighted by Crippen LogP contribution is -2.32. The van der Waals surface area contributed by atoms with Gasteiger partial charge in [0, 0.05) is 25.1 Å². The number of aryl methyl sites for hydroxylation is 1. The lowest BCUT2D eigenvalue weighted by molar-refractivity contribution is -0.132. The van der Waals surface area contributed by atoms with E-state index < -0.39 is 0 Å². The number of aromatic nitrogens is 1. The van der Waals surface area contributed by atoms with E-state index in [1.165, 1.54) is 0 Å². The van der Waals surface area contributed by atoms with Gasteiger partial charge in [0.05, 0.1) is 6.54 Å². The highest BCUT2D eigenvalue weighted by Crippen LogP contribution is 2.29. The van der Waals surface area contributed by atoms with E-state index in [1.54, 1.807) is 6.07 Å². The topological polar surface area (TPSA) is 75.4 Å². The fourth-order valence-corrected chi connectivity index (χ4v) is 2.90. The molecule has 27 heavy (non-hydrogen) atoms. The predicted octanol–water partition coefficient (Wildman–Crippen LogP) is 3.18. The molecule has 1 saturated carbocycles. The highest BCUT2D eigenvalue weighted by atomic mass is 16.5. The van der Waals surface area contributed by atoms with Crippen LogP contribution in [-0.2, 0) is 17.8 Å². The maximum Gasteiger partial charge on any atom is 0.273 e. The summed E-state index contributed by atoms with van der Waals surface area (Å²) in [5.74, 6) is 0.785. The Hall–Kier alpha value is -2.63. The van der Waals surface area contributed by atoms with Crippen LogP contribution < -0.4 is 5.32 Å². The highest BCUT2D eigenvalue weighted by Gasteiger charge is 2.33. The smallest absolute Gasteiger partial charge is 0.273 e. The fourth-order valence-electron chi connectivity index (χ4n) is 2.90. The van der Waals surface area contributed by atoms with Crippen LogP contribution in [0.4, 0.5) is 0 Å². The first-order chi connectivity index (χ1) is 13.0. The number of amides is 2. The molecule has 6 nitrogen and oxygen atoms in total. The van der Waals surface area contributed by atoms with Gasteiger partial charge in [-0.15, -0.1) is 0 Å². The summed E-state index contributed by atoms with van der Waals surface area (Å²) in [7, 11) is 0. The average molecular weight is 369 g/mol. The molecule has 0 atom stereocenters. The number of rotatable bonds is 9. The number of nitrogens with zero attached hydrogens (tertiary/aromatic N) is 2. The van der Waals surface area contributed by atoms with Crippen LogP contribution in [0.5, 0.6) is 0 Å². The number of benzene rings is 1. The molecule has 144 valence electrons. The van der Waals surface area contributed by atoms with Crippen LogP contribution in [0.25, 0.3) is 0 Å². The van der Waals surface area contributed by atoms with E-state index in [4.69, 9.17) is 4.52 Å². The summed E-state index contributed by atoms with van der Waals surface area (Å²) in [6.45, 7) is 5.02. The zero-order chi connectivity index (χ0) is 19.2. The van der Waals surface area contributed by atoms with Crippen LogP contribution in [0.2, 0.25) is 0 Å². The van der Waals surface area contributed by atoms with Crippen molar-refractivity contribution < 1.29 is 14.1 Å². The van der Waals surface area contributed by atoms with E-state index in [0.717, 1.165) is 24.8 Å². The summed E-state index contributed by atoms with van der Waals surface area (Å²) in [5.41, 5.74) is 1.42. The molecule has 0 aliphatic heterocycles. The Kier molecular flexibility index (Phi) is 6.27. The lowest BCUT2D eigenvalue weighted by atomic mass is 10.1. The third-order valence-corrected chi connectivity index (χ3v) is 4.57. The van der Waals surface area contributed by atoms with E-state index in [-0.39, 0.29) is 23.6 Å². The molecule has 0 radical (unpaired) electrons. The van der Waals surface area contributed by atoms with Crippen molar-refractivity contribution in [2.75, 3.05) is 6.54 Å². The first-order valence-electron chi connectivity index (χ1n) is 9.60. The van der Waals surface area contributed by atoms with Gasteiger partial charge in [-0.1, -0.05) is 49.3 Å². The molecule has 1 aromatic heterocycles. The Bertz CT molecular complexity index is 766. The van der Waals surface area contributed by atoms with Crippen LogP contribution in [0.1, 0.15) is 54.9 Å². The van der Waals surface area contributed by atoms with Gasteiger partial charge in [-0.25, -0.2) is 0 Å². The minimum atomic E-state index is -0.243. The summed E-state index contributed by atoms with van der Waals surface area (Å²) in [6, 6.07) is 11.9. The van der Waals surface area contributed by atoms with Crippen LogP contribution in [0.15, 0.2) is 40.9 Å². The van der Waals surface area contributed by atoms with Crippen molar-refractivity contribution >= 4 is 11.8 Å². The molecule has 0 saturated heterocycles. The molecule has 3 rings (SSSR count). The summed E-state index contributed by atoms with van der Waals surface area (Å²) in [4.78, 5) is 26.6. The van der Waals surface area contributed by atoms with Crippen molar-refractivity contribution in [3.8, 4) is 0 Å². The van der Waals surface area contributed by atoms with Crippen molar-refractivity contribution in [2.45, 2.75) is 52.1 Å². The largest absolute Gasteiger partial charge is 0.359 e. The van der Waals surface area contributed by atoms with Gasteiger partial charge >= 0.3 is 0 Å². The van der Waals surface area contributed by atoms with E-state index in [0.29, 0.717) is 31.2 Å². The van der Waals surface area contributed by atoms with Crippen molar-refractivity contribution in [2.24, 2.45) is 5.92 Å². The average Bonchev–Trinajstić information content (AvgIpc) is 3.40. The summed E-state index contributed by atoms with van der Waals surface area (Å²) < 4.78 is 5.31. The SMILES string of the molecule is CC(C)CNC(=O)c1cc(CN(C(=O)CCc2ccccc2)C2CC2)on1. The molecule has 2 aromatic rings. The molecular formula is C21H27N3O3. The molecule has 1 N–H and O–H groups in total. The minimum absolute atomic E-state index is 0.114. The Labute approximate surface area is 159 Å². The number of hydrogen-bond donors (Lipinski definition) is 1. The number of carbonyl (C=O) groups is 2. The molecule has 0 bridgehead atoms. The first-order valence-corrected chi connectivity index (χ1v) is 9.60. The first kappa shape index (κ1) is 19.1. The summed E-state index contributed by atoms with van der Waals surface area (Å²) in [6.07, 6.45) is 3.23. The molecule has 0 unspecified atom stereocenters. The van der Waals surface area contributed by atoms with Crippen LogP contribution in [-0.4, -0.2) is 34.5 Å². The normalized spacial score (nSPS) is 13.6. The Morgan fingerprint density at radius 3 is 2.67 bits per heavy atom. The summed E-state index contributed by atoms with van der Waals surface area (Å²) >= 11 is 0. The molecule has 1 aromatic carbocycles. The maximum atomic E-state index is 12.7. The molecule has 6 heteroatoms. The van der Waals surface area contributed by atoms with Crippen LogP contribution >= 0.6 is 0 Å². The van der Waals surface area contributed by atoms with Gasteiger partial charge in [0.25, 0.3) is 5.91 Å². The van der Waals surface area contributed by atoms with Gasteiger partial charge in [-0.2, -0.15) is 0 Å². The van der Waals surface area contributed by atoms with E-state index in [9.17, 15) is 9.59 Å². The zero-order valence-electron chi connectivity index (χ0n) is 16.0. The third kappa shape index (κ3) is 5.67. The number of nitrogens with one attached hydrogen (secondary N) is 1. The standard InChI is InChI=1S/C21H27N3O3/c1-15(2)13-22-21(26)19-12-18(27-23-19)14-24(17-9-10-17)20(25)11-8-16-6-4-3-5-7-16/h3-7,12,15,17H,8-11,13-14H2,1-2H3,(H,22,26). The molecule has 2 amide bonds. The molecule has 1 heterocycles. The second-order valence-corrected chi connectivity index (χ2v) is 7.52.